The Kier molecular flexibility index (Phi) is 2.94. The van der Waals surface area contributed by atoms with E-state index in [-0.39, 0.29) is 23.6 Å². The number of nitro groups is 1. The highest BCUT2D eigenvalue weighted by atomic mass is 32.2. The maximum atomic E-state index is 11.5. The Labute approximate surface area is 96.8 Å². The fraction of sp³-hybridized carbons (Fsp3) is 0.222. The molecule has 8 heteroatoms. The lowest BCUT2D eigenvalue weighted by atomic mass is 10.1. The molecule has 17 heavy (non-hydrogen) atoms. The van der Waals surface area contributed by atoms with Gasteiger partial charge < -0.3 is 5.11 Å². The van der Waals surface area contributed by atoms with Crippen LogP contribution >= 0.6 is 0 Å². The van der Waals surface area contributed by atoms with Crippen molar-refractivity contribution in [2.24, 2.45) is 0 Å². The average Bonchev–Trinajstić information content (AvgIpc) is 2.15. The highest BCUT2D eigenvalue weighted by molar-refractivity contribution is 7.93. The summed E-state index contributed by atoms with van der Waals surface area (Å²) in [5.74, 6) is -1.47. The lowest BCUT2D eigenvalue weighted by molar-refractivity contribution is -0.385. The summed E-state index contributed by atoms with van der Waals surface area (Å²) in [4.78, 5) is 20.1. The molecule has 92 valence electrons. The van der Waals surface area contributed by atoms with Crippen molar-refractivity contribution in [1.29, 1.82) is 0 Å². The van der Waals surface area contributed by atoms with E-state index in [1.54, 1.807) is 0 Å². The molecule has 0 fully saturated rings. The second-order valence-corrected chi connectivity index (χ2v) is 5.24. The molecule has 0 radical (unpaired) electrons. The average molecular weight is 259 g/mol. The summed E-state index contributed by atoms with van der Waals surface area (Å²) < 4.78 is 22.9. The number of hydrogen-bond acceptors (Lipinski definition) is 5. The Morgan fingerprint density at radius 2 is 2.00 bits per heavy atom. The summed E-state index contributed by atoms with van der Waals surface area (Å²) in [6.45, 7) is 0. The van der Waals surface area contributed by atoms with E-state index in [9.17, 15) is 23.3 Å². The molecular formula is C9H9NO6S. The van der Waals surface area contributed by atoms with Gasteiger partial charge in [0, 0.05) is 17.7 Å². The van der Waals surface area contributed by atoms with E-state index in [0.717, 1.165) is 18.2 Å². The van der Waals surface area contributed by atoms with Gasteiger partial charge in [-0.05, 0) is 6.07 Å². The molecule has 1 aliphatic heterocycles. The number of carboxylic acid groups (broad SMARTS) is 1. The second kappa shape index (κ2) is 3.81. The molecule has 1 heterocycles. The first kappa shape index (κ1) is 13.1. The van der Waals surface area contributed by atoms with Gasteiger partial charge in [0.15, 0.2) is 15.1 Å². The van der Waals surface area contributed by atoms with Gasteiger partial charge >= 0.3 is 5.97 Å². The number of nitrogens with zero attached hydrogens (tertiary/aromatic N) is 1. The van der Waals surface area contributed by atoms with Crippen molar-refractivity contribution in [2.75, 3.05) is 0 Å². The Hall–Kier alpha value is -1.96. The van der Waals surface area contributed by atoms with Crippen molar-refractivity contribution in [1.82, 2.24) is 0 Å². The van der Waals surface area contributed by atoms with Crippen molar-refractivity contribution < 1.29 is 23.2 Å². The number of carbonyl (C=O) groups is 1. The minimum atomic E-state index is -3.94. The van der Waals surface area contributed by atoms with Crippen molar-refractivity contribution in [3.05, 3.63) is 33.9 Å². The zero-order valence-corrected chi connectivity index (χ0v) is 8.47. The van der Waals surface area contributed by atoms with E-state index < -0.39 is 26.0 Å². The van der Waals surface area contributed by atoms with E-state index in [1.165, 1.54) is 0 Å². The van der Waals surface area contributed by atoms with Gasteiger partial charge in [0.05, 0.1) is 9.82 Å². The molecule has 1 unspecified atom stereocenters. The van der Waals surface area contributed by atoms with Crippen LogP contribution in [-0.4, -0.2) is 24.4 Å². The van der Waals surface area contributed by atoms with Crippen molar-refractivity contribution in [3.8, 4) is 0 Å². The summed E-state index contributed by atoms with van der Waals surface area (Å²) >= 11 is 0. The van der Waals surface area contributed by atoms with E-state index in [0.29, 0.717) is 0 Å². The van der Waals surface area contributed by atoms with E-state index in [4.69, 9.17) is 5.11 Å². The molecule has 1 aliphatic rings. The topological polar surface area (TPSA) is 115 Å². The third-order valence-electron chi connectivity index (χ3n) is 2.33. The molecule has 0 bridgehead atoms. The first-order valence-electron chi connectivity index (χ1n) is 4.11. The van der Waals surface area contributed by atoms with Crippen LogP contribution in [0.4, 0.5) is 5.69 Å². The molecule has 1 N–H and O–H groups in total. The Balaban J connectivity index is 0.00000144. The van der Waals surface area contributed by atoms with Crippen LogP contribution in [0.2, 0.25) is 0 Å². The number of nitro benzene ring substituents is 1. The summed E-state index contributed by atoms with van der Waals surface area (Å²) in [7, 11) is -3.94. The number of sulfone groups is 1. The Bertz CT molecular complexity index is 606. The highest BCUT2D eigenvalue weighted by Gasteiger charge is 2.48. The zero-order chi connectivity index (χ0) is 12.1. The molecule has 0 saturated carbocycles. The van der Waals surface area contributed by atoms with Crippen LogP contribution in [0.25, 0.3) is 0 Å². The number of fused-ring (bicyclic) bond motifs is 1. The monoisotopic (exact) mass is 259 g/mol. The maximum absolute atomic E-state index is 11.5. The van der Waals surface area contributed by atoms with Crippen molar-refractivity contribution >= 4 is 21.5 Å². The fourth-order valence-corrected chi connectivity index (χ4v) is 3.27. The van der Waals surface area contributed by atoms with Crippen molar-refractivity contribution in [3.63, 3.8) is 0 Å². The second-order valence-electron chi connectivity index (χ2n) is 3.24. The smallest absolute Gasteiger partial charge is 0.326 e. The molecule has 0 spiro atoms. The maximum Gasteiger partial charge on any atom is 0.326 e. The van der Waals surface area contributed by atoms with Crippen LogP contribution < -0.4 is 0 Å². The molecule has 0 saturated heterocycles. The van der Waals surface area contributed by atoms with E-state index in [2.05, 4.69) is 0 Å². The quantitative estimate of drug-likeness (QED) is 0.629. The van der Waals surface area contributed by atoms with Crippen LogP contribution in [0.15, 0.2) is 23.1 Å². The SMILES string of the molecule is C.O=C(O)C1c2ccc([N+](=O)[O-])cc2S1(=O)=O. The zero-order valence-electron chi connectivity index (χ0n) is 7.65. The van der Waals surface area contributed by atoms with Gasteiger partial charge in [-0.3, -0.25) is 14.9 Å². The molecule has 0 amide bonds. The van der Waals surface area contributed by atoms with Gasteiger partial charge in [0.1, 0.15) is 0 Å². The Morgan fingerprint density at radius 1 is 1.41 bits per heavy atom. The molecule has 1 aromatic rings. The van der Waals surface area contributed by atoms with Gasteiger partial charge in [0.2, 0.25) is 0 Å². The molecule has 0 aliphatic carbocycles. The highest BCUT2D eigenvalue weighted by Crippen LogP contribution is 2.44. The largest absolute Gasteiger partial charge is 0.480 e. The summed E-state index contributed by atoms with van der Waals surface area (Å²) in [6.07, 6.45) is 0. The van der Waals surface area contributed by atoms with Crippen LogP contribution in [0.3, 0.4) is 0 Å². The molecule has 0 aromatic heterocycles. The number of non-ortho nitro benzene ring substituents is 1. The predicted molar refractivity (Wildman–Crippen MR) is 57.4 cm³/mol. The van der Waals surface area contributed by atoms with Crippen LogP contribution in [0, 0.1) is 10.1 Å². The molecular weight excluding hydrogens is 250 g/mol. The Morgan fingerprint density at radius 3 is 2.47 bits per heavy atom. The lowest BCUT2D eigenvalue weighted by Gasteiger charge is -2.25. The molecule has 2 rings (SSSR count). The standard InChI is InChI=1S/C8H5NO6S.CH4/c10-8(11)7-5-2-1-4(9(12)13)3-6(5)16(7,14)15;/h1-3,7H,(H,10,11);1H4. The van der Waals surface area contributed by atoms with Gasteiger partial charge in [-0.1, -0.05) is 7.43 Å². The van der Waals surface area contributed by atoms with Gasteiger partial charge in [0.25, 0.3) is 5.69 Å². The van der Waals surface area contributed by atoms with Gasteiger partial charge in [-0.2, -0.15) is 0 Å². The third-order valence-corrected chi connectivity index (χ3v) is 4.37. The number of rotatable bonds is 2. The van der Waals surface area contributed by atoms with Crippen LogP contribution in [0.1, 0.15) is 18.2 Å². The fourth-order valence-electron chi connectivity index (χ4n) is 1.60. The van der Waals surface area contributed by atoms with Crippen molar-refractivity contribution in [2.45, 2.75) is 17.6 Å². The molecule has 7 nitrogen and oxygen atoms in total. The van der Waals surface area contributed by atoms with Gasteiger partial charge in [-0.25, -0.2) is 8.42 Å². The normalized spacial score (nSPS) is 19.4. The minimum absolute atomic E-state index is 0. The minimum Gasteiger partial charge on any atom is -0.480 e. The third kappa shape index (κ3) is 1.66. The number of carboxylic acids is 1. The molecule has 1 atom stereocenters. The number of benzene rings is 1. The predicted octanol–water partition coefficient (Wildman–Crippen LogP) is 1.14. The summed E-state index contributed by atoms with van der Waals surface area (Å²) in [5, 5.41) is 17.5. The van der Waals surface area contributed by atoms with E-state index in [1.807, 2.05) is 0 Å². The summed E-state index contributed by atoms with van der Waals surface area (Å²) in [5.41, 5.74) is -0.274. The first-order chi connectivity index (χ1) is 7.35. The van der Waals surface area contributed by atoms with Crippen LogP contribution in [-0.2, 0) is 14.6 Å². The number of hydrogen-bond donors (Lipinski definition) is 1. The van der Waals surface area contributed by atoms with E-state index >= 15 is 0 Å². The lowest BCUT2D eigenvalue weighted by Crippen LogP contribution is -2.32. The van der Waals surface area contributed by atoms with Crippen LogP contribution in [0.5, 0.6) is 0 Å². The number of aliphatic carboxylic acids is 1. The molecule has 1 aromatic carbocycles. The summed E-state index contributed by atoms with van der Waals surface area (Å²) in [6, 6.07) is 3.13. The van der Waals surface area contributed by atoms with Gasteiger partial charge in [-0.15, -0.1) is 0 Å². The first-order valence-corrected chi connectivity index (χ1v) is 5.65.